The first-order valence-corrected chi connectivity index (χ1v) is 11.0. The first-order valence-electron chi connectivity index (χ1n) is 11.0. The zero-order valence-electron chi connectivity index (χ0n) is 18.7. The van der Waals surface area contributed by atoms with Crippen LogP contribution in [-0.4, -0.2) is 15.5 Å². The normalized spacial score (nSPS) is 15.0. The van der Waals surface area contributed by atoms with Crippen LogP contribution in [0.2, 0.25) is 0 Å². The largest absolute Gasteiger partial charge is 0.322 e. The number of anilines is 1. The number of aromatic nitrogens is 1. The van der Waals surface area contributed by atoms with Crippen molar-refractivity contribution in [2.24, 2.45) is 0 Å². The Bertz CT molecular complexity index is 1280. The molecule has 2 heterocycles. The lowest BCUT2D eigenvalue weighted by atomic mass is 9.97. The molecule has 1 unspecified atom stereocenters. The van der Waals surface area contributed by atoms with Crippen LogP contribution in [0.1, 0.15) is 39.6 Å². The molecule has 4 heteroatoms. The summed E-state index contributed by atoms with van der Waals surface area (Å²) in [4.78, 5) is 15.7. The van der Waals surface area contributed by atoms with Crippen LogP contribution >= 0.6 is 0 Å². The molecule has 1 N–H and O–H groups in total. The lowest BCUT2D eigenvalue weighted by Gasteiger charge is -2.32. The van der Waals surface area contributed by atoms with Gasteiger partial charge in [0.1, 0.15) is 6.04 Å². The first-order chi connectivity index (χ1) is 15.5. The van der Waals surface area contributed by atoms with Gasteiger partial charge >= 0.3 is 6.03 Å². The van der Waals surface area contributed by atoms with E-state index in [9.17, 15) is 4.79 Å². The fourth-order valence-corrected chi connectivity index (χ4v) is 4.80. The molecule has 0 spiro atoms. The quantitative estimate of drug-likeness (QED) is 0.392. The Hall–Kier alpha value is -3.79. The van der Waals surface area contributed by atoms with Gasteiger partial charge in [-0.1, -0.05) is 48.5 Å². The number of carbonyl (C=O) groups excluding carboxylic acids is 1. The lowest BCUT2D eigenvalue weighted by Crippen LogP contribution is -2.38. The monoisotopic (exact) mass is 421 g/mol. The number of benzene rings is 3. The maximum Gasteiger partial charge on any atom is 0.322 e. The summed E-state index contributed by atoms with van der Waals surface area (Å²) >= 11 is 0. The highest BCUT2D eigenvalue weighted by atomic mass is 16.2. The number of rotatable bonds is 2. The molecule has 0 radical (unpaired) electrons. The van der Waals surface area contributed by atoms with Gasteiger partial charge in [0.25, 0.3) is 0 Å². The average molecular weight is 422 g/mol. The molecule has 0 saturated carbocycles. The molecule has 1 aliphatic rings. The Morgan fingerprint density at radius 3 is 2.38 bits per heavy atom. The van der Waals surface area contributed by atoms with E-state index in [4.69, 9.17) is 0 Å². The molecule has 0 saturated heterocycles. The van der Waals surface area contributed by atoms with Gasteiger partial charge in [0.15, 0.2) is 0 Å². The van der Waals surface area contributed by atoms with Crippen LogP contribution < -0.4 is 5.32 Å². The molecule has 4 nitrogen and oxygen atoms in total. The van der Waals surface area contributed by atoms with Crippen molar-refractivity contribution in [3.63, 3.8) is 0 Å². The number of amides is 2. The highest BCUT2D eigenvalue weighted by Crippen LogP contribution is 2.38. The Kier molecular flexibility index (Phi) is 5.06. The summed E-state index contributed by atoms with van der Waals surface area (Å²) in [6, 6.07) is 26.7. The topological polar surface area (TPSA) is 37.3 Å². The number of nitrogens with one attached hydrogen (secondary N) is 1. The van der Waals surface area contributed by atoms with Gasteiger partial charge in [-0.15, -0.1) is 0 Å². The number of urea groups is 1. The van der Waals surface area contributed by atoms with Crippen LogP contribution in [0.5, 0.6) is 0 Å². The van der Waals surface area contributed by atoms with Gasteiger partial charge in [-0.2, -0.15) is 0 Å². The molecule has 0 fully saturated rings. The molecule has 1 aliphatic heterocycles. The summed E-state index contributed by atoms with van der Waals surface area (Å²) in [6.07, 6.45) is 2.09. The fraction of sp³-hybridized carbons (Fsp3) is 0.179. The number of carbonyl (C=O) groups is 1. The highest BCUT2D eigenvalue weighted by Gasteiger charge is 2.33. The van der Waals surface area contributed by atoms with Crippen molar-refractivity contribution in [3.05, 3.63) is 119 Å². The van der Waals surface area contributed by atoms with Gasteiger partial charge < -0.3 is 14.8 Å². The van der Waals surface area contributed by atoms with E-state index < -0.39 is 0 Å². The zero-order chi connectivity index (χ0) is 22.2. The smallest absolute Gasteiger partial charge is 0.318 e. The van der Waals surface area contributed by atoms with Gasteiger partial charge in [0, 0.05) is 17.6 Å². The van der Waals surface area contributed by atoms with Crippen LogP contribution in [0.3, 0.4) is 0 Å². The molecule has 2 amide bonds. The van der Waals surface area contributed by atoms with Gasteiger partial charge in [-0.3, -0.25) is 0 Å². The molecule has 160 valence electrons. The SMILES string of the molecule is Cc1cc(C)cc(NC(=O)N2Cc3ccccc3-n3cccc3C2c2ccccc2C)c1. The van der Waals surface area contributed by atoms with Crippen molar-refractivity contribution in [2.45, 2.75) is 33.4 Å². The molecule has 4 aromatic rings. The Labute approximate surface area is 189 Å². The number of hydrogen-bond donors (Lipinski definition) is 1. The molecule has 3 aromatic carbocycles. The summed E-state index contributed by atoms with van der Waals surface area (Å²) in [6.45, 7) is 6.73. The molecule has 32 heavy (non-hydrogen) atoms. The van der Waals surface area contributed by atoms with Crippen molar-refractivity contribution in [1.29, 1.82) is 0 Å². The van der Waals surface area contributed by atoms with Crippen molar-refractivity contribution in [3.8, 4) is 5.69 Å². The molecule has 1 aromatic heterocycles. The maximum atomic E-state index is 13.8. The number of hydrogen-bond acceptors (Lipinski definition) is 1. The van der Waals surface area contributed by atoms with Crippen molar-refractivity contribution in [1.82, 2.24) is 9.47 Å². The van der Waals surface area contributed by atoms with E-state index in [1.54, 1.807) is 0 Å². The fourth-order valence-electron chi connectivity index (χ4n) is 4.80. The van der Waals surface area contributed by atoms with E-state index in [2.05, 4.69) is 71.5 Å². The van der Waals surface area contributed by atoms with Gasteiger partial charge in [0.05, 0.1) is 12.2 Å². The minimum Gasteiger partial charge on any atom is -0.318 e. The number of fused-ring (bicyclic) bond motifs is 3. The first kappa shape index (κ1) is 20.1. The van der Waals surface area contributed by atoms with Crippen LogP contribution in [0.25, 0.3) is 5.69 Å². The Morgan fingerprint density at radius 1 is 0.875 bits per heavy atom. The van der Waals surface area contributed by atoms with E-state index in [1.165, 1.54) is 5.56 Å². The summed E-state index contributed by atoms with van der Waals surface area (Å²) in [5.74, 6) is 0. The zero-order valence-corrected chi connectivity index (χ0v) is 18.7. The number of para-hydroxylation sites is 1. The van der Waals surface area contributed by atoms with Crippen molar-refractivity contribution >= 4 is 11.7 Å². The molecule has 5 rings (SSSR count). The van der Waals surface area contributed by atoms with Gasteiger partial charge in [-0.05, 0) is 78.9 Å². The second-order valence-electron chi connectivity index (χ2n) is 8.63. The number of nitrogens with zero attached hydrogens (tertiary/aromatic N) is 2. The number of aryl methyl sites for hydroxylation is 3. The van der Waals surface area contributed by atoms with Gasteiger partial charge in [-0.25, -0.2) is 4.79 Å². The second kappa shape index (κ2) is 8.04. The van der Waals surface area contributed by atoms with Crippen molar-refractivity contribution < 1.29 is 4.79 Å². The summed E-state index contributed by atoms with van der Waals surface area (Å²) in [5, 5.41) is 3.17. The maximum absolute atomic E-state index is 13.8. The standard InChI is InChI=1S/C28H27N3O/c1-19-15-20(2)17-23(16-19)29-28(32)31-18-22-10-5-7-12-25(22)30-14-8-13-26(30)27(31)24-11-6-4-9-21(24)3/h4-17,27H,18H2,1-3H3,(H,29,32). The summed E-state index contributed by atoms with van der Waals surface area (Å²) < 4.78 is 2.22. The van der Waals surface area contributed by atoms with E-state index in [0.29, 0.717) is 6.54 Å². The van der Waals surface area contributed by atoms with Gasteiger partial charge in [0.2, 0.25) is 0 Å². The van der Waals surface area contributed by atoms with E-state index >= 15 is 0 Å². The minimum absolute atomic E-state index is 0.104. The molecule has 1 atom stereocenters. The van der Waals surface area contributed by atoms with Crippen molar-refractivity contribution in [2.75, 3.05) is 5.32 Å². The Morgan fingerprint density at radius 2 is 1.59 bits per heavy atom. The van der Waals surface area contributed by atoms with Crippen LogP contribution in [0.4, 0.5) is 10.5 Å². The van der Waals surface area contributed by atoms with Crippen LogP contribution in [-0.2, 0) is 6.54 Å². The lowest BCUT2D eigenvalue weighted by molar-refractivity contribution is 0.194. The predicted octanol–water partition coefficient (Wildman–Crippen LogP) is 6.54. The second-order valence-corrected chi connectivity index (χ2v) is 8.63. The third-order valence-corrected chi connectivity index (χ3v) is 6.18. The molecular weight excluding hydrogens is 394 g/mol. The van der Waals surface area contributed by atoms with E-state index in [1.807, 2.05) is 49.1 Å². The molecule has 0 aliphatic carbocycles. The van der Waals surface area contributed by atoms with Crippen LogP contribution in [0, 0.1) is 20.8 Å². The van der Waals surface area contributed by atoms with E-state index in [0.717, 1.165) is 39.3 Å². The van der Waals surface area contributed by atoms with E-state index in [-0.39, 0.29) is 12.1 Å². The molecule has 0 bridgehead atoms. The average Bonchev–Trinajstić information content (AvgIpc) is 3.18. The molecular formula is C28H27N3O. The minimum atomic E-state index is -0.204. The summed E-state index contributed by atoms with van der Waals surface area (Å²) in [7, 11) is 0. The summed E-state index contributed by atoms with van der Waals surface area (Å²) in [5.41, 5.74) is 8.71. The Balaban J connectivity index is 1.65. The third kappa shape index (κ3) is 3.58. The third-order valence-electron chi connectivity index (χ3n) is 6.18. The predicted molar refractivity (Wildman–Crippen MR) is 129 cm³/mol. The van der Waals surface area contributed by atoms with Crippen LogP contribution in [0.15, 0.2) is 85.1 Å². The highest BCUT2D eigenvalue weighted by molar-refractivity contribution is 5.90.